The van der Waals surface area contributed by atoms with Gasteiger partial charge in [-0.3, -0.25) is 4.79 Å². The number of carbonyl (C=O) groups is 1. The van der Waals surface area contributed by atoms with Gasteiger partial charge in [0.15, 0.2) is 11.5 Å². The van der Waals surface area contributed by atoms with Crippen molar-refractivity contribution in [1.29, 1.82) is 0 Å². The van der Waals surface area contributed by atoms with Gasteiger partial charge in [-0.1, -0.05) is 71.9 Å². The lowest BCUT2D eigenvalue weighted by atomic mass is 9.92. The summed E-state index contributed by atoms with van der Waals surface area (Å²) in [6.07, 6.45) is 6.61. The van der Waals surface area contributed by atoms with Gasteiger partial charge in [-0.05, 0) is 44.7 Å². The van der Waals surface area contributed by atoms with E-state index in [1.54, 1.807) is 11.1 Å². The molecule has 0 fully saturated rings. The first kappa shape index (κ1) is 21.6. The summed E-state index contributed by atoms with van der Waals surface area (Å²) in [6, 6.07) is 21.3. The summed E-state index contributed by atoms with van der Waals surface area (Å²) in [6.45, 7) is 4.15. The number of benzene rings is 2. The minimum atomic E-state index is -0.459. The number of hydrogen-bond acceptors (Lipinski definition) is 5. The van der Waals surface area contributed by atoms with Gasteiger partial charge in [0.25, 0.3) is 5.91 Å². The summed E-state index contributed by atoms with van der Waals surface area (Å²) < 4.78 is 5.39. The molecule has 1 aliphatic rings. The molecular formula is C26H28N4O2. The number of amides is 1. The Morgan fingerprint density at radius 1 is 1.09 bits per heavy atom. The second-order valence-corrected chi connectivity index (χ2v) is 8.35. The van der Waals surface area contributed by atoms with Crippen LogP contribution in [0.25, 0.3) is 11.3 Å². The highest BCUT2D eigenvalue weighted by molar-refractivity contribution is 5.94. The van der Waals surface area contributed by atoms with Crippen molar-refractivity contribution >= 4 is 5.91 Å². The average Bonchev–Trinajstić information content (AvgIpc) is 3.21. The van der Waals surface area contributed by atoms with E-state index in [1.807, 2.05) is 54.6 Å². The van der Waals surface area contributed by atoms with Crippen LogP contribution in [-0.2, 0) is 5.54 Å². The van der Waals surface area contributed by atoms with Crippen molar-refractivity contribution in [1.82, 2.24) is 15.5 Å². The normalized spacial score (nSPS) is 14.2. The predicted octanol–water partition coefficient (Wildman–Crippen LogP) is 5.13. The first-order chi connectivity index (χ1) is 15.5. The van der Waals surface area contributed by atoms with Crippen molar-refractivity contribution in [3.8, 4) is 11.3 Å². The second-order valence-electron chi connectivity index (χ2n) is 8.35. The Morgan fingerprint density at radius 3 is 2.50 bits per heavy atom. The number of allylic oxidation sites excluding steroid dienone is 3. The Morgan fingerprint density at radius 2 is 1.78 bits per heavy atom. The second kappa shape index (κ2) is 9.24. The summed E-state index contributed by atoms with van der Waals surface area (Å²) in [5.74, 6) is 6.88. The van der Waals surface area contributed by atoms with Crippen molar-refractivity contribution in [3.63, 3.8) is 0 Å². The van der Waals surface area contributed by atoms with Crippen LogP contribution >= 0.6 is 0 Å². The van der Waals surface area contributed by atoms with E-state index >= 15 is 0 Å². The Bertz CT molecular complexity index is 1130. The summed E-state index contributed by atoms with van der Waals surface area (Å²) in [4.78, 5) is 13.0. The molecule has 2 aromatic carbocycles. The minimum absolute atomic E-state index is 0.222. The van der Waals surface area contributed by atoms with E-state index < -0.39 is 5.54 Å². The molecule has 3 aromatic rings. The fraction of sp³-hybridized carbons (Fsp3) is 0.231. The van der Waals surface area contributed by atoms with Crippen molar-refractivity contribution < 1.29 is 9.32 Å². The molecule has 0 bridgehead atoms. The number of nitrogens with zero attached hydrogens (tertiary/aromatic N) is 2. The third kappa shape index (κ3) is 4.50. The van der Waals surface area contributed by atoms with Gasteiger partial charge in [-0.2, -0.15) is 0 Å². The van der Waals surface area contributed by atoms with Gasteiger partial charge < -0.3 is 14.8 Å². The minimum Gasteiger partial charge on any atom is -0.355 e. The molecule has 32 heavy (non-hydrogen) atoms. The van der Waals surface area contributed by atoms with Crippen LogP contribution in [0.1, 0.15) is 49.2 Å². The maximum absolute atomic E-state index is 13.0. The van der Waals surface area contributed by atoms with Crippen LogP contribution in [0.4, 0.5) is 0 Å². The van der Waals surface area contributed by atoms with Crippen molar-refractivity contribution in [2.45, 2.75) is 38.6 Å². The lowest BCUT2D eigenvalue weighted by Gasteiger charge is -2.39. The number of nitrogens with two attached hydrogens (primary N) is 1. The van der Waals surface area contributed by atoms with Gasteiger partial charge in [0.1, 0.15) is 0 Å². The van der Waals surface area contributed by atoms with E-state index in [9.17, 15) is 4.79 Å². The van der Waals surface area contributed by atoms with E-state index in [2.05, 4.69) is 42.5 Å². The fourth-order valence-corrected chi connectivity index (χ4v) is 3.81. The number of hydrogen-bond donors (Lipinski definition) is 2. The molecule has 0 radical (unpaired) electrons. The first-order valence-electron chi connectivity index (χ1n) is 10.8. The lowest BCUT2D eigenvalue weighted by Crippen LogP contribution is -2.47. The largest absolute Gasteiger partial charge is 0.355 e. The van der Waals surface area contributed by atoms with Gasteiger partial charge in [-0.25, -0.2) is 5.84 Å². The third-order valence-electron chi connectivity index (χ3n) is 5.80. The molecule has 0 saturated heterocycles. The third-order valence-corrected chi connectivity index (χ3v) is 5.80. The van der Waals surface area contributed by atoms with Crippen LogP contribution in [0.15, 0.2) is 94.8 Å². The highest BCUT2D eigenvalue weighted by Crippen LogP contribution is 2.32. The maximum atomic E-state index is 13.0. The standard InChI is InChI=1S/C26H28N4O2/c1-26(2,20-14-8-4-9-15-20)30(27)23-17-11-5-10-16-21(23)28-25(31)22-18-24(32-29-22)19-12-6-3-7-13-19/h3-4,6-10,12-16,18H,5,11,17,27H2,1-2H3,(H,28,31). The van der Waals surface area contributed by atoms with Gasteiger partial charge in [0.05, 0.1) is 16.9 Å². The zero-order valence-corrected chi connectivity index (χ0v) is 18.4. The number of hydrazine groups is 1. The Hall–Kier alpha value is -3.64. The maximum Gasteiger partial charge on any atom is 0.277 e. The number of aromatic nitrogens is 1. The van der Waals surface area contributed by atoms with E-state index in [1.165, 1.54) is 0 Å². The van der Waals surface area contributed by atoms with E-state index in [0.29, 0.717) is 11.5 Å². The van der Waals surface area contributed by atoms with Crippen LogP contribution in [0, 0.1) is 0 Å². The van der Waals surface area contributed by atoms with Crippen LogP contribution < -0.4 is 11.2 Å². The van der Waals surface area contributed by atoms with Gasteiger partial charge in [0.2, 0.25) is 0 Å². The summed E-state index contributed by atoms with van der Waals surface area (Å²) in [5, 5.41) is 8.74. The van der Waals surface area contributed by atoms with Crippen molar-refractivity contribution in [3.05, 3.63) is 102 Å². The summed E-state index contributed by atoms with van der Waals surface area (Å²) in [5.41, 5.74) is 3.29. The average molecular weight is 429 g/mol. The Kier molecular flexibility index (Phi) is 6.23. The fourth-order valence-electron chi connectivity index (χ4n) is 3.81. The highest BCUT2D eigenvalue weighted by atomic mass is 16.5. The van der Waals surface area contributed by atoms with Crippen LogP contribution in [-0.4, -0.2) is 16.1 Å². The Balaban J connectivity index is 1.61. The molecule has 1 aromatic heterocycles. The monoisotopic (exact) mass is 428 g/mol. The lowest BCUT2D eigenvalue weighted by molar-refractivity contribution is 0.0953. The van der Waals surface area contributed by atoms with Crippen LogP contribution in [0.3, 0.4) is 0 Å². The molecule has 3 N–H and O–H groups in total. The molecule has 1 aliphatic carbocycles. The smallest absolute Gasteiger partial charge is 0.277 e. The summed E-state index contributed by atoms with van der Waals surface area (Å²) >= 11 is 0. The topological polar surface area (TPSA) is 84.4 Å². The van der Waals surface area contributed by atoms with Gasteiger partial charge in [0, 0.05) is 11.6 Å². The van der Waals surface area contributed by atoms with Crippen LogP contribution in [0.5, 0.6) is 0 Å². The number of carbonyl (C=O) groups excluding carboxylic acids is 1. The Labute approximate surface area is 188 Å². The molecule has 164 valence electrons. The molecule has 1 amide bonds. The molecule has 1 heterocycles. The molecule has 0 aliphatic heterocycles. The van der Waals surface area contributed by atoms with Crippen molar-refractivity contribution in [2.75, 3.05) is 0 Å². The molecule has 6 heteroatoms. The van der Waals surface area contributed by atoms with Gasteiger partial charge in [-0.15, -0.1) is 0 Å². The highest BCUT2D eigenvalue weighted by Gasteiger charge is 2.30. The number of nitrogens with one attached hydrogen (secondary N) is 1. The summed E-state index contributed by atoms with van der Waals surface area (Å²) in [7, 11) is 0. The van der Waals surface area contributed by atoms with E-state index in [0.717, 1.165) is 36.1 Å². The quantitative estimate of drug-likeness (QED) is 0.420. The molecule has 0 spiro atoms. The van der Waals surface area contributed by atoms with Gasteiger partial charge >= 0.3 is 0 Å². The van der Waals surface area contributed by atoms with E-state index in [4.69, 9.17) is 10.4 Å². The number of rotatable bonds is 6. The molecular weight excluding hydrogens is 400 g/mol. The molecule has 0 atom stereocenters. The molecule has 0 saturated carbocycles. The molecule has 0 unspecified atom stereocenters. The first-order valence-corrected chi connectivity index (χ1v) is 10.8. The van der Waals surface area contributed by atoms with Crippen molar-refractivity contribution in [2.24, 2.45) is 5.84 Å². The zero-order valence-electron chi connectivity index (χ0n) is 18.4. The predicted molar refractivity (Wildman–Crippen MR) is 125 cm³/mol. The SMILES string of the molecule is CC(C)(c1ccccc1)N(N)C1=C(NC(=O)c2cc(-c3ccccc3)on2)C=CCCC1. The molecule has 4 rings (SSSR count). The zero-order chi connectivity index (χ0) is 22.6. The van der Waals surface area contributed by atoms with E-state index in [-0.39, 0.29) is 11.6 Å². The van der Waals surface area contributed by atoms with Crippen LogP contribution in [0.2, 0.25) is 0 Å². The molecule has 6 nitrogen and oxygen atoms in total.